The molecule has 0 radical (unpaired) electrons. The number of para-hydroxylation sites is 2. The molecule has 0 aromatic heterocycles. The normalized spacial score (nSPS) is 10.5. The van der Waals surface area contributed by atoms with Gasteiger partial charge in [0.1, 0.15) is 5.75 Å². The third-order valence-corrected chi connectivity index (χ3v) is 4.42. The number of rotatable bonds is 5. The summed E-state index contributed by atoms with van der Waals surface area (Å²) in [5.74, 6) is -2.12. The van der Waals surface area contributed by atoms with E-state index in [4.69, 9.17) is 16.3 Å². The van der Waals surface area contributed by atoms with E-state index in [1.807, 2.05) is 19.1 Å². The van der Waals surface area contributed by atoms with Gasteiger partial charge in [-0.1, -0.05) is 41.9 Å². The van der Waals surface area contributed by atoms with Gasteiger partial charge in [0.15, 0.2) is 0 Å². The van der Waals surface area contributed by atoms with Crippen LogP contribution < -0.4 is 15.5 Å². The first kappa shape index (κ1) is 21.7. The van der Waals surface area contributed by atoms with Crippen molar-refractivity contribution in [3.63, 3.8) is 0 Å². The number of hydrazone groups is 1. The zero-order valence-corrected chi connectivity index (χ0v) is 17.2. The summed E-state index contributed by atoms with van der Waals surface area (Å²) in [5.41, 5.74) is 4.27. The first-order valence-corrected chi connectivity index (χ1v) is 9.58. The molecule has 0 saturated heterocycles. The van der Waals surface area contributed by atoms with Crippen molar-refractivity contribution in [1.29, 1.82) is 0 Å². The van der Waals surface area contributed by atoms with Crippen molar-refractivity contribution in [1.82, 2.24) is 5.43 Å². The highest BCUT2D eigenvalue weighted by atomic mass is 35.5. The Bertz CT molecular complexity index is 1140. The molecule has 3 rings (SSSR count). The van der Waals surface area contributed by atoms with Gasteiger partial charge in [-0.3, -0.25) is 9.59 Å². The molecular weight excluding hydrogens is 418 g/mol. The average Bonchev–Trinajstić information content (AvgIpc) is 2.76. The van der Waals surface area contributed by atoms with Crippen molar-refractivity contribution in [3.8, 4) is 5.75 Å². The molecule has 7 nitrogen and oxygen atoms in total. The van der Waals surface area contributed by atoms with E-state index in [0.717, 1.165) is 5.56 Å². The summed E-state index contributed by atoms with van der Waals surface area (Å²) in [7, 11) is 0. The lowest BCUT2D eigenvalue weighted by Crippen LogP contribution is -2.32. The number of carbonyl (C=O) groups excluding carboxylic acids is 3. The number of nitrogens with zero attached hydrogens (tertiary/aromatic N) is 1. The number of halogens is 1. The highest BCUT2D eigenvalue weighted by Gasteiger charge is 2.14. The minimum Gasteiger partial charge on any atom is -0.422 e. The molecule has 0 unspecified atom stereocenters. The van der Waals surface area contributed by atoms with Gasteiger partial charge in [-0.15, -0.1) is 0 Å². The van der Waals surface area contributed by atoms with Crippen molar-refractivity contribution >= 4 is 41.3 Å². The number of aryl methyl sites for hydroxylation is 1. The summed E-state index contributed by atoms with van der Waals surface area (Å²) in [6.45, 7) is 1.81. The second-order valence-corrected chi connectivity index (χ2v) is 6.84. The molecule has 0 spiro atoms. The van der Waals surface area contributed by atoms with Gasteiger partial charge >= 0.3 is 17.8 Å². The SMILES string of the molecule is Cc1ccccc1NC(=O)C(=O)N/N=C\c1ccccc1OC(=O)c1ccc(Cl)cc1. The summed E-state index contributed by atoms with van der Waals surface area (Å²) in [5, 5.41) is 6.81. The molecule has 0 atom stereocenters. The number of hydrogen-bond acceptors (Lipinski definition) is 5. The zero-order valence-electron chi connectivity index (χ0n) is 16.5. The van der Waals surface area contributed by atoms with Gasteiger partial charge in [0.05, 0.1) is 11.8 Å². The lowest BCUT2D eigenvalue weighted by atomic mass is 10.2. The second-order valence-electron chi connectivity index (χ2n) is 6.40. The van der Waals surface area contributed by atoms with Crippen LogP contribution in [0, 0.1) is 6.92 Å². The predicted molar refractivity (Wildman–Crippen MR) is 118 cm³/mol. The molecule has 0 aliphatic heterocycles. The lowest BCUT2D eigenvalue weighted by Gasteiger charge is -2.08. The van der Waals surface area contributed by atoms with Gasteiger partial charge in [0.25, 0.3) is 0 Å². The van der Waals surface area contributed by atoms with Gasteiger partial charge in [0.2, 0.25) is 0 Å². The number of amides is 2. The number of nitrogens with one attached hydrogen (secondary N) is 2. The Morgan fingerprint density at radius 1 is 0.903 bits per heavy atom. The van der Waals surface area contributed by atoms with Gasteiger partial charge in [-0.25, -0.2) is 10.2 Å². The smallest absolute Gasteiger partial charge is 0.343 e. The fraction of sp³-hybridized carbons (Fsp3) is 0.0435. The monoisotopic (exact) mass is 435 g/mol. The van der Waals surface area contributed by atoms with Crippen LogP contribution in [0.5, 0.6) is 5.75 Å². The highest BCUT2D eigenvalue weighted by Crippen LogP contribution is 2.18. The van der Waals surface area contributed by atoms with Crippen LogP contribution in [0.2, 0.25) is 5.02 Å². The summed E-state index contributed by atoms with van der Waals surface area (Å²) in [6.07, 6.45) is 1.28. The quantitative estimate of drug-likeness (QED) is 0.208. The molecule has 3 aromatic rings. The van der Waals surface area contributed by atoms with Crippen LogP contribution in [0.4, 0.5) is 5.69 Å². The van der Waals surface area contributed by atoms with Crippen LogP contribution in [0.1, 0.15) is 21.5 Å². The van der Waals surface area contributed by atoms with E-state index < -0.39 is 17.8 Å². The van der Waals surface area contributed by atoms with Crippen molar-refractivity contribution in [3.05, 3.63) is 94.5 Å². The van der Waals surface area contributed by atoms with Gasteiger partial charge < -0.3 is 10.1 Å². The van der Waals surface area contributed by atoms with Crippen LogP contribution in [-0.4, -0.2) is 24.0 Å². The minimum atomic E-state index is -0.935. The summed E-state index contributed by atoms with van der Waals surface area (Å²) >= 11 is 5.83. The molecular formula is C23H18ClN3O4. The maximum atomic E-state index is 12.3. The maximum Gasteiger partial charge on any atom is 0.343 e. The maximum absolute atomic E-state index is 12.3. The highest BCUT2D eigenvalue weighted by molar-refractivity contribution is 6.39. The predicted octanol–water partition coefficient (Wildman–Crippen LogP) is 3.96. The third-order valence-electron chi connectivity index (χ3n) is 4.17. The first-order chi connectivity index (χ1) is 14.9. The van der Waals surface area contributed by atoms with Crippen molar-refractivity contribution in [2.24, 2.45) is 5.10 Å². The van der Waals surface area contributed by atoms with Gasteiger partial charge in [0, 0.05) is 16.3 Å². The van der Waals surface area contributed by atoms with E-state index in [1.165, 1.54) is 6.21 Å². The molecule has 2 amide bonds. The summed E-state index contributed by atoms with van der Waals surface area (Å²) in [6, 6.07) is 20.0. The van der Waals surface area contributed by atoms with Crippen molar-refractivity contribution < 1.29 is 19.1 Å². The van der Waals surface area contributed by atoms with Crippen LogP contribution in [-0.2, 0) is 9.59 Å². The molecule has 8 heteroatoms. The zero-order chi connectivity index (χ0) is 22.2. The molecule has 0 aliphatic rings. The van der Waals surface area contributed by atoms with Gasteiger partial charge in [-0.2, -0.15) is 5.10 Å². The summed E-state index contributed by atoms with van der Waals surface area (Å²) in [4.78, 5) is 36.3. The summed E-state index contributed by atoms with van der Waals surface area (Å²) < 4.78 is 5.40. The first-order valence-electron chi connectivity index (χ1n) is 9.21. The van der Waals surface area contributed by atoms with E-state index in [9.17, 15) is 14.4 Å². The van der Waals surface area contributed by atoms with Crippen LogP contribution in [0.25, 0.3) is 0 Å². The number of carbonyl (C=O) groups is 3. The fourth-order valence-electron chi connectivity index (χ4n) is 2.53. The Labute approximate surface area is 183 Å². The number of esters is 1. The largest absolute Gasteiger partial charge is 0.422 e. The van der Waals surface area contributed by atoms with E-state index in [-0.39, 0.29) is 5.75 Å². The molecule has 0 saturated carbocycles. The molecule has 31 heavy (non-hydrogen) atoms. The van der Waals surface area contributed by atoms with Gasteiger partial charge in [-0.05, 0) is 55.0 Å². The van der Waals surface area contributed by atoms with E-state index in [2.05, 4.69) is 15.8 Å². The topological polar surface area (TPSA) is 96.9 Å². The van der Waals surface area contributed by atoms with E-state index in [0.29, 0.717) is 21.8 Å². The number of anilines is 1. The Morgan fingerprint density at radius 3 is 2.32 bits per heavy atom. The number of ether oxygens (including phenoxy) is 1. The Morgan fingerprint density at radius 2 is 1.58 bits per heavy atom. The molecule has 156 valence electrons. The second kappa shape index (κ2) is 10.2. The number of hydrogen-bond donors (Lipinski definition) is 2. The molecule has 2 N–H and O–H groups in total. The molecule has 0 aliphatic carbocycles. The Balaban J connectivity index is 1.62. The minimum absolute atomic E-state index is 0.241. The van der Waals surface area contributed by atoms with Crippen molar-refractivity contribution in [2.75, 3.05) is 5.32 Å². The number of benzene rings is 3. The fourth-order valence-corrected chi connectivity index (χ4v) is 2.65. The molecule has 0 fully saturated rings. The van der Waals surface area contributed by atoms with E-state index >= 15 is 0 Å². The van der Waals surface area contributed by atoms with Crippen molar-refractivity contribution in [2.45, 2.75) is 6.92 Å². The lowest BCUT2D eigenvalue weighted by molar-refractivity contribution is -0.136. The van der Waals surface area contributed by atoms with Crippen LogP contribution >= 0.6 is 11.6 Å². The van der Waals surface area contributed by atoms with E-state index in [1.54, 1.807) is 60.7 Å². The average molecular weight is 436 g/mol. The van der Waals surface area contributed by atoms with Crippen LogP contribution in [0.15, 0.2) is 77.9 Å². The standard InChI is InChI=1S/C23H18ClN3O4/c1-15-6-2-4-8-19(15)26-21(28)22(29)27-25-14-17-7-3-5-9-20(17)31-23(30)16-10-12-18(24)13-11-16/h2-14H,1H3,(H,26,28)(H,27,29)/b25-14-. The third kappa shape index (κ3) is 6.01. The Hall–Kier alpha value is -3.97. The molecule has 0 heterocycles. The Kier molecular flexibility index (Phi) is 7.13. The molecule has 0 bridgehead atoms. The molecule has 3 aromatic carbocycles. The van der Waals surface area contributed by atoms with Crippen LogP contribution in [0.3, 0.4) is 0 Å².